The van der Waals surface area contributed by atoms with Crippen LogP contribution >= 0.6 is 11.3 Å². The Morgan fingerprint density at radius 1 is 1.11 bits per heavy atom. The number of carbonyl (C=O) groups excluding carboxylic acids is 2. The van der Waals surface area contributed by atoms with Crippen molar-refractivity contribution in [2.45, 2.75) is 33.1 Å². The minimum absolute atomic E-state index is 0.0369. The highest BCUT2D eigenvalue weighted by Crippen LogP contribution is 2.19. The number of nitrogens with two attached hydrogens (primary N) is 1. The summed E-state index contributed by atoms with van der Waals surface area (Å²) in [5.74, 6) is -0.0369. The fourth-order valence-corrected chi connectivity index (χ4v) is 2.98. The number of benzene rings is 1. The molecule has 0 saturated heterocycles. The second-order valence-corrected chi connectivity index (χ2v) is 6.54. The minimum atomic E-state index is -0.0369. The Hall–Kier alpha value is -2.64. The van der Waals surface area contributed by atoms with Crippen molar-refractivity contribution in [3.05, 3.63) is 59.4 Å². The summed E-state index contributed by atoms with van der Waals surface area (Å²) in [6, 6.07) is 11.1. The molecule has 0 atom stereocenters. The Balaban J connectivity index is 0.000000266. The van der Waals surface area contributed by atoms with E-state index >= 15 is 0 Å². The van der Waals surface area contributed by atoms with Crippen LogP contribution in [-0.2, 0) is 0 Å². The normalized spacial score (nSPS) is 9.54. The van der Waals surface area contributed by atoms with Crippen LogP contribution in [0, 0.1) is 0 Å². The van der Waals surface area contributed by atoms with Gasteiger partial charge < -0.3 is 11.1 Å². The molecule has 7 heteroatoms. The third-order valence-electron chi connectivity index (χ3n) is 3.52. The van der Waals surface area contributed by atoms with E-state index in [0.29, 0.717) is 17.1 Å². The Morgan fingerprint density at radius 3 is 2.46 bits per heavy atom. The number of pyridine rings is 1. The number of aldehydes is 1. The standard InChI is InChI=1S/C11H17N3O.C8H5NOS.C2H6/c12-6-2-1-3-7-14-11(15)10-4-8-13-9-5-10;10-5-8-9-6-3-1-2-4-7(6)11-8;1-2/h4-5,8-9H,1-3,6-7,12H2,(H,14,15);1-5H;1-2H3. The smallest absolute Gasteiger partial charge is 0.251 e. The molecule has 2 heterocycles. The van der Waals surface area contributed by atoms with Crippen LogP contribution in [0.1, 0.15) is 53.3 Å². The molecule has 3 aromatic rings. The van der Waals surface area contributed by atoms with Crippen molar-refractivity contribution in [2.75, 3.05) is 13.1 Å². The van der Waals surface area contributed by atoms with Gasteiger partial charge in [-0.25, -0.2) is 4.98 Å². The number of carbonyl (C=O) groups is 2. The summed E-state index contributed by atoms with van der Waals surface area (Å²) in [6.07, 6.45) is 7.07. The molecule has 3 rings (SSSR count). The van der Waals surface area contributed by atoms with Gasteiger partial charge in [-0.1, -0.05) is 32.4 Å². The van der Waals surface area contributed by atoms with Crippen LogP contribution in [0.15, 0.2) is 48.8 Å². The maximum atomic E-state index is 11.5. The molecule has 0 radical (unpaired) electrons. The van der Waals surface area contributed by atoms with Crippen molar-refractivity contribution in [3.63, 3.8) is 0 Å². The van der Waals surface area contributed by atoms with Crippen LogP contribution in [0.25, 0.3) is 10.2 Å². The van der Waals surface area contributed by atoms with Crippen molar-refractivity contribution in [3.8, 4) is 0 Å². The van der Waals surface area contributed by atoms with Crippen molar-refractivity contribution < 1.29 is 9.59 Å². The molecule has 0 aliphatic carbocycles. The highest BCUT2D eigenvalue weighted by molar-refractivity contribution is 7.19. The molecule has 0 bridgehead atoms. The zero-order valence-electron chi connectivity index (χ0n) is 16.4. The number of fused-ring (bicyclic) bond motifs is 1. The van der Waals surface area contributed by atoms with E-state index in [1.165, 1.54) is 11.3 Å². The molecular weight excluding hydrogens is 372 g/mol. The molecule has 1 amide bonds. The molecule has 28 heavy (non-hydrogen) atoms. The van der Waals surface area contributed by atoms with E-state index in [-0.39, 0.29) is 5.91 Å². The average Bonchev–Trinajstić information content (AvgIpc) is 3.19. The summed E-state index contributed by atoms with van der Waals surface area (Å²) in [5.41, 5.74) is 6.93. The number of unbranched alkanes of at least 4 members (excludes halogenated alkanes) is 2. The summed E-state index contributed by atoms with van der Waals surface area (Å²) in [4.78, 5) is 29.8. The second kappa shape index (κ2) is 14.4. The van der Waals surface area contributed by atoms with Crippen molar-refractivity contribution in [1.29, 1.82) is 0 Å². The van der Waals surface area contributed by atoms with Crippen molar-refractivity contribution >= 4 is 33.7 Å². The number of hydrogen-bond donors (Lipinski definition) is 2. The van der Waals surface area contributed by atoms with Gasteiger partial charge in [0.15, 0.2) is 11.3 Å². The molecule has 2 aromatic heterocycles. The van der Waals surface area contributed by atoms with Crippen LogP contribution in [0.3, 0.4) is 0 Å². The molecular formula is C21H28N4O2S. The number of amides is 1. The van der Waals surface area contributed by atoms with Crippen molar-refractivity contribution in [2.24, 2.45) is 5.73 Å². The molecule has 0 aliphatic rings. The lowest BCUT2D eigenvalue weighted by Gasteiger charge is -2.04. The zero-order valence-corrected chi connectivity index (χ0v) is 17.2. The van der Waals surface area contributed by atoms with Gasteiger partial charge >= 0.3 is 0 Å². The molecule has 1 aromatic carbocycles. The predicted octanol–water partition coefficient (Wildman–Crippen LogP) is 4.08. The van der Waals surface area contributed by atoms with Gasteiger partial charge in [-0.05, 0) is 43.7 Å². The highest BCUT2D eigenvalue weighted by atomic mass is 32.1. The molecule has 0 unspecified atom stereocenters. The molecule has 0 saturated carbocycles. The summed E-state index contributed by atoms with van der Waals surface area (Å²) >= 11 is 1.42. The predicted molar refractivity (Wildman–Crippen MR) is 116 cm³/mol. The van der Waals surface area contributed by atoms with Crippen LogP contribution in [0.5, 0.6) is 0 Å². The van der Waals surface area contributed by atoms with Crippen molar-refractivity contribution in [1.82, 2.24) is 15.3 Å². The number of para-hydroxylation sites is 1. The maximum absolute atomic E-state index is 11.5. The monoisotopic (exact) mass is 400 g/mol. The number of rotatable bonds is 7. The average molecular weight is 401 g/mol. The lowest BCUT2D eigenvalue weighted by molar-refractivity contribution is 0.0952. The van der Waals surface area contributed by atoms with Gasteiger partial charge in [-0.15, -0.1) is 11.3 Å². The van der Waals surface area contributed by atoms with Gasteiger partial charge in [0.1, 0.15) is 0 Å². The van der Waals surface area contributed by atoms with E-state index in [9.17, 15) is 9.59 Å². The summed E-state index contributed by atoms with van der Waals surface area (Å²) in [7, 11) is 0. The topological polar surface area (TPSA) is 98.0 Å². The lowest BCUT2D eigenvalue weighted by atomic mass is 10.2. The third kappa shape index (κ3) is 8.37. The fraction of sp³-hybridized carbons (Fsp3) is 0.333. The first-order valence-electron chi connectivity index (χ1n) is 9.43. The van der Waals surface area contributed by atoms with E-state index in [0.717, 1.165) is 42.3 Å². The largest absolute Gasteiger partial charge is 0.352 e. The van der Waals surface area contributed by atoms with E-state index < -0.39 is 0 Å². The molecule has 6 nitrogen and oxygen atoms in total. The molecule has 0 fully saturated rings. The van der Waals surface area contributed by atoms with E-state index in [2.05, 4.69) is 15.3 Å². The molecule has 150 valence electrons. The van der Waals surface area contributed by atoms with Gasteiger partial charge in [0, 0.05) is 24.5 Å². The molecule has 0 spiro atoms. The maximum Gasteiger partial charge on any atom is 0.251 e. The number of thiazole rings is 1. The fourth-order valence-electron chi connectivity index (χ4n) is 2.19. The Labute approximate surface area is 170 Å². The number of aromatic nitrogens is 2. The van der Waals surface area contributed by atoms with Crippen LogP contribution in [-0.4, -0.2) is 35.3 Å². The van der Waals surface area contributed by atoms with Gasteiger partial charge in [0.25, 0.3) is 5.91 Å². The van der Waals surface area contributed by atoms with Crippen LogP contribution in [0.4, 0.5) is 0 Å². The number of hydrogen-bond acceptors (Lipinski definition) is 6. The Bertz CT molecular complexity index is 788. The highest BCUT2D eigenvalue weighted by Gasteiger charge is 2.02. The Morgan fingerprint density at radius 2 is 1.82 bits per heavy atom. The first kappa shape index (κ1) is 23.4. The quantitative estimate of drug-likeness (QED) is 0.460. The van der Waals surface area contributed by atoms with Gasteiger partial charge in [0.05, 0.1) is 10.2 Å². The summed E-state index contributed by atoms with van der Waals surface area (Å²) < 4.78 is 1.06. The number of nitrogens with one attached hydrogen (secondary N) is 1. The molecule has 0 aliphatic heterocycles. The zero-order chi connectivity index (χ0) is 20.6. The van der Waals surface area contributed by atoms with E-state index in [4.69, 9.17) is 5.73 Å². The lowest BCUT2D eigenvalue weighted by Crippen LogP contribution is -2.24. The minimum Gasteiger partial charge on any atom is -0.352 e. The summed E-state index contributed by atoms with van der Waals surface area (Å²) in [6.45, 7) is 5.43. The third-order valence-corrected chi connectivity index (χ3v) is 4.48. The van der Waals surface area contributed by atoms with Gasteiger partial charge in [0.2, 0.25) is 0 Å². The van der Waals surface area contributed by atoms with E-state index in [1.54, 1.807) is 24.5 Å². The second-order valence-electron chi connectivity index (χ2n) is 5.48. The summed E-state index contributed by atoms with van der Waals surface area (Å²) in [5, 5.41) is 3.40. The van der Waals surface area contributed by atoms with E-state index in [1.807, 2.05) is 38.1 Å². The SMILES string of the molecule is CC.NCCCCCNC(=O)c1ccncc1.O=Cc1nc2ccccc2s1. The van der Waals surface area contributed by atoms with Crippen LogP contribution < -0.4 is 11.1 Å². The molecule has 3 N–H and O–H groups in total. The first-order valence-corrected chi connectivity index (χ1v) is 10.3. The van der Waals surface area contributed by atoms with Gasteiger partial charge in [-0.3, -0.25) is 14.6 Å². The number of nitrogens with zero attached hydrogens (tertiary/aromatic N) is 2. The first-order chi connectivity index (χ1) is 13.7. The van der Waals surface area contributed by atoms with Gasteiger partial charge in [-0.2, -0.15) is 0 Å². The Kier molecular flexibility index (Phi) is 12.1. The van der Waals surface area contributed by atoms with Crippen LogP contribution in [0.2, 0.25) is 0 Å².